The number of rotatable bonds is 26. The monoisotopic (exact) mass is 703 g/mol. The van der Waals surface area contributed by atoms with E-state index >= 15 is 0 Å². The Morgan fingerprint density at radius 2 is 1.51 bits per heavy atom. The van der Waals surface area contributed by atoms with Crippen molar-refractivity contribution < 1.29 is 33.6 Å². The number of carboxylic acids is 1. The van der Waals surface area contributed by atoms with Gasteiger partial charge in [0.25, 0.3) is 5.91 Å². The Labute approximate surface area is 298 Å². The number of amides is 1. The van der Waals surface area contributed by atoms with Gasteiger partial charge in [0.2, 0.25) is 0 Å². The molecule has 0 bridgehead atoms. The summed E-state index contributed by atoms with van der Waals surface area (Å²) < 4.78 is 24.4. The Kier molecular flexibility index (Phi) is 17.3. The van der Waals surface area contributed by atoms with Crippen molar-refractivity contribution in [2.45, 2.75) is 58.0 Å². The van der Waals surface area contributed by atoms with Gasteiger partial charge in [-0.15, -0.1) is 10.2 Å². The minimum atomic E-state index is -0.771. The molecule has 0 aliphatic rings. The first-order valence-corrected chi connectivity index (χ1v) is 17.4. The molecule has 0 saturated carbocycles. The zero-order valence-corrected chi connectivity index (χ0v) is 29.3. The third-order valence-corrected chi connectivity index (χ3v) is 7.83. The molecule has 0 atom stereocenters. The number of anilines is 1. The van der Waals surface area contributed by atoms with Crippen LogP contribution in [0.2, 0.25) is 0 Å². The summed E-state index contributed by atoms with van der Waals surface area (Å²) in [4.78, 5) is 31.6. The lowest BCUT2D eigenvalue weighted by Crippen LogP contribution is -2.22. The van der Waals surface area contributed by atoms with Gasteiger partial charge < -0.3 is 39.3 Å². The van der Waals surface area contributed by atoms with E-state index in [1.54, 1.807) is 18.3 Å². The highest BCUT2D eigenvalue weighted by atomic mass is 16.5. The molecule has 0 spiro atoms. The lowest BCUT2D eigenvalue weighted by molar-refractivity contribution is -0.137. The molecule has 14 nitrogen and oxygen atoms in total. The SMILES string of the molecule is Cn1c(CNc2cccc(C(=O)NCc3cccc(OCCCCCCOCCOCCOCCCCC(=O)O)c3)c2)nnc1-c1ccncn1. The minimum Gasteiger partial charge on any atom is -0.494 e. The largest absolute Gasteiger partial charge is 0.494 e. The molecular weight excluding hydrogens is 654 g/mol. The van der Waals surface area contributed by atoms with Crippen molar-refractivity contribution in [3.05, 3.63) is 84.1 Å². The number of nitrogens with zero attached hydrogens (tertiary/aromatic N) is 5. The molecular formula is C37H49N7O7. The minimum absolute atomic E-state index is 0.168. The number of carboxylic acid groups (broad SMARTS) is 1. The fraction of sp³-hybridized carbons (Fsp3) is 0.459. The van der Waals surface area contributed by atoms with E-state index in [1.807, 2.05) is 54.1 Å². The molecule has 3 N–H and O–H groups in total. The number of hydrogen-bond donors (Lipinski definition) is 3. The maximum atomic E-state index is 13.0. The van der Waals surface area contributed by atoms with Crippen LogP contribution in [-0.4, -0.2) is 88.0 Å². The molecule has 0 aliphatic carbocycles. The van der Waals surface area contributed by atoms with Gasteiger partial charge in [0, 0.05) is 50.7 Å². The van der Waals surface area contributed by atoms with Crippen LogP contribution < -0.4 is 15.4 Å². The third-order valence-electron chi connectivity index (χ3n) is 7.83. The molecule has 2 heterocycles. The summed E-state index contributed by atoms with van der Waals surface area (Å²) in [5.74, 6) is 1.23. The molecule has 51 heavy (non-hydrogen) atoms. The highest BCUT2D eigenvalue weighted by Gasteiger charge is 2.12. The van der Waals surface area contributed by atoms with E-state index in [1.165, 1.54) is 6.33 Å². The molecule has 2 aromatic heterocycles. The molecule has 4 aromatic rings. The topological polar surface area (TPSA) is 172 Å². The van der Waals surface area contributed by atoms with Gasteiger partial charge in [-0.1, -0.05) is 24.6 Å². The van der Waals surface area contributed by atoms with Crippen LogP contribution >= 0.6 is 0 Å². The van der Waals surface area contributed by atoms with Crippen molar-refractivity contribution in [3.8, 4) is 17.3 Å². The van der Waals surface area contributed by atoms with Crippen LogP contribution in [-0.2, 0) is 39.1 Å². The van der Waals surface area contributed by atoms with E-state index in [-0.39, 0.29) is 12.3 Å². The Balaban J connectivity index is 1.03. The molecule has 2 aromatic carbocycles. The molecule has 0 aliphatic heterocycles. The number of aromatic nitrogens is 5. The van der Waals surface area contributed by atoms with Crippen LogP contribution in [0.25, 0.3) is 11.5 Å². The number of carbonyl (C=O) groups excluding carboxylic acids is 1. The number of carbonyl (C=O) groups is 2. The Morgan fingerprint density at radius 3 is 2.25 bits per heavy atom. The average molecular weight is 704 g/mol. The summed E-state index contributed by atoms with van der Waals surface area (Å²) in [7, 11) is 1.89. The maximum absolute atomic E-state index is 13.0. The summed E-state index contributed by atoms with van der Waals surface area (Å²) in [5, 5.41) is 23.5. The standard InChI is InChI=1S/C37H49N7O7/c1-44-34(42-43-36(44)33-15-16-38-28-41-33)27-39-31-12-9-11-30(25-31)37(47)40-26-29-10-8-13-32(24-29)51-19-6-3-2-5-17-48-20-22-50-23-21-49-18-7-4-14-35(45)46/h8-13,15-16,24-25,28,39H,2-7,14,17-23,26-27H2,1H3,(H,40,47)(H,45,46). The van der Waals surface area contributed by atoms with E-state index in [9.17, 15) is 9.59 Å². The Hall–Kier alpha value is -4.92. The molecule has 0 unspecified atom stereocenters. The van der Waals surface area contributed by atoms with Gasteiger partial charge >= 0.3 is 5.97 Å². The predicted octanol–water partition coefficient (Wildman–Crippen LogP) is 5.06. The molecule has 0 saturated heterocycles. The van der Waals surface area contributed by atoms with E-state index in [0.29, 0.717) is 82.8 Å². The van der Waals surface area contributed by atoms with Gasteiger partial charge in [0.1, 0.15) is 17.8 Å². The number of nitrogens with one attached hydrogen (secondary N) is 2. The van der Waals surface area contributed by atoms with Gasteiger partial charge in [-0.2, -0.15) is 0 Å². The smallest absolute Gasteiger partial charge is 0.303 e. The van der Waals surface area contributed by atoms with Gasteiger partial charge in [-0.3, -0.25) is 9.59 Å². The first kappa shape index (κ1) is 38.9. The van der Waals surface area contributed by atoms with Crippen LogP contribution in [0.4, 0.5) is 5.69 Å². The lowest BCUT2D eigenvalue weighted by atomic mass is 10.1. The second-order valence-corrected chi connectivity index (χ2v) is 11.8. The van der Waals surface area contributed by atoms with E-state index in [0.717, 1.165) is 54.9 Å². The quantitative estimate of drug-likeness (QED) is 0.0744. The first-order chi connectivity index (χ1) is 25.0. The van der Waals surface area contributed by atoms with Gasteiger partial charge in [0.15, 0.2) is 11.6 Å². The molecule has 14 heteroatoms. The van der Waals surface area contributed by atoms with E-state index < -0.39 is 5.97 Å². The molecule has 0 radical (unpaired) electrons. The fourth-order valence-corrected chi connectivity index (χ4v) is 5.01. The number of aliphatic carboxylic acids is 1. The van der Waals surface area contributed by atoms with Crippen molar-refractivity contribution in [1.82, 2.24) is 30.0 Å². The summed E-state index contributed by atoms with van der Waals surface area (Å²) in [6, 6.07) is 16.9. The van der Waals surface area contributed by atoms with E-state index in [4.69, 9.17) is 24.1 Å². The molecule has 1 amide bonds. The summed E-state index contributed by atoms with van der Waals surface area (Å²) in [6.45, 7) is 4.80. The molecule has 4 rings (SSSR count). The molecule has 274 valence electrons. The zero-order chi connectivity index (χ0) is 35.9. The van der Waals surface area contributed by atoms with Gasteiger partial charge in [-0.25, -0.2) is 9.97 Å². The Morgan fingerprint density at radius 1 is 0.784 bits per heavy atom. The highest BCUT2D eigenvalue weighted by Crippen LogP contribution is 2.17. The lowest BCUT2D eigenvalue weighted by Gasteiger charge is -2.11. The van der Waals surface area contributed by atoms with Crippen molar-refractivity contribution in [3.63, 3.8) is 0 Å². The number of hydrogen-bond acceptors (Lipinski definition) is 11. The van der Waals surface area contributed by atoms with Crippen LogP contribution in [0.3, 0.4) is 0 Å². The maximum Gasteiger partial charge on any atom is 0.303 e. The summed E-state index contributed by atoms with van der Waals surface area (Å²) >= 11 is 0. The number of benzene rings is 2. The van der Waals surface area contributed by atoms with Crippen molar-refractivity contribution >= 4 is 17.6 Å². The fourth-order valence-electron chi connectivity index (χ4n) is 5.01. The van der Waals surface area contributed by atoms with Gasteiger partial charge in [0.05, 0.1) is 39.6 Å². The third kappa shape index (κ3) is 14.8. The van der Waals surface area contributed by atoms with Crippen LogP contribution in [0.15, 0.2) is 67.1 Å². The van der Waals surface area contributed by atoms with Crippen LogP contribution in [0.5, 0.6) is 5.75 Å². The highest BCUT2D eigenvalue weighted by molar-refractivity contribution is 5.95. The first-order valence-electron chi connectivity index (χ1n) is 17.4. The predicted molar refractivity (Wildman–Crippen MR) is 191 cm³/mol. The zero-order valence-electron chi connectivity index (χ0n) is 29.3. The van der Waals surface area contributed by atoms with Crippen LogP contribution in [0.1, 0.15) is 66.7 Å². The second-order valence-electron chi connectivity index (χ2n) is 11.8. The van der Waals surface area contributed by atoms with Crippen molar-refractivity contribution in [1.29, 1.82) is 0 Å². The number of ether oxygens (including phenoxy) is 4. The average Bonchev–Trinajstić information content (AvgIpc) is 3.52. The van der Waals surface area contributed by atoms with E-state index in [2.05, 4.69) is 30.8 Å². The number of unbranched alkanes of at least 4 members (excludes halogenated alkanes) is 4. The van der Waals surface area contributed by atoms with Gasteiger partial charge in [-0.05, 0) is 74.1 Å². The molecule has 0 fully saturated rings. The summed E-state index contributed by atoms with van der Waals surface area (Å²) in [5.41, 5.74) is 3.00. The summed E-state index contributed by atoms with van der Waals surface area (Å²) in [6.07, 6.45) is 8.75. The normalized spacial score (nSPS) is 11.0. The van der Waals surface area contributed by atoms with Crippen molar-refractivity contribution in [2.75, 3.05) is 51.6 Å². The van der Waals surface area contributed by atoms with Crippen LogP contribution in [0, 0.1) is 0 Å². The Bertz CT molecular complexity index is 1600. The van der Waals surface area contributed by atoms with Crippen molar-refractivity contribution in [2.24, 2.45) is 7.05 Å². The second kappa shape index (κ2) is 22.7.